The number of nitrogens with zero attached hydrogens (tertiary/aromatic N) is 1. The maximum Gasteiger partial charge on any atom is 0.282 e. The van der Waals surface area contributed by atoms with Crippen molar-refractivity contribution in [2.45, 2.75) is 32.4 Å². The van der Waals surface area contributed by atoms with Gasteiger partial charge in [-0.3, -0.25) is 4.79 Å². The second-order valence-corrected chi connectivity index (χ2v) is 7.73. The van der Waals surface area contributed by atoms with Crippen LogP contribution >= 0.6 is 11.3 Å². The average Bonchev–Trinajstić information content (AvgIpc) is 3.27. The highest BCUT2D eigenvalue weighted by molar-refractivity contribution is 7.10. The van der Waals surface area contributed by atoms with Crippen LogP contribution in [0.15, 0.2) is 66.0 Å². The Hall–Kier alpha value is -2.94. The number of rotatable bonds is 7. The number of nitrogens with two attached hydrogens (primary N) is 1. The lowest BCUT2D eigenvalue weighted by molar-refractivity contribution is -0.703. The zero-order valence-electron chi connectivity index (χ0n) is 16.1. The first-order valence-electron chi connectivity index (χ1n) is 9.39. The molecule has 4 nitrogen and oxygen atoms in total. The van der Waals surface area contributed by atoms with Gasteiger partial charge in [0.1, 0.15) is 6.04 Å². The predicted octanol–water partition coefficient (Wildman–Crippen LogP) is 3.86. The van der Waals surface area contributed by atoms with Crippen LogP contribution in [0, 0.1) is 11.3 Å². The molecule has 0 bridgehead atoms. The van der Waals surface area contributed by atoms with Gasteiger partial charge < -0.3 is 10.6 Å². The molecule has 5 heteroatoms. The zero-order valence-corrected chi connectivity index (χ0v) is 16.9. The molecule has 2 atom stereocenters. The molecule has 0 radical (unpaired) electrons. The first kappa shape index (κ1) is 19.8. The largest absolute Gasteiger partial charge is 0.326 e. The highest BCUT2D eigenvalue weighted by Crippen LogP contribution is 2.23. The van der Waals surface area contributed by atoms with E-state index < -0.39 is 0 Å². The van der Waals surface area contributed by atoms with E-state index >= 15 is 0 Å². The Morgan fingerprint density at radius 2 is 1.86 bits per heavy atom. The van der Waals surface area contributed by atoms with E-state index in [1.165, 1.54) is 16.0 Å². The molecule has 0 spiro atoms. The molecule has 1 amide bonds. The van der Waals surface area contributed by atoms with Gasteiger partial charge in [0.2, 0.25) is 0 Å². The molecule has 0 saturated carbocycles. The van der Waals surface area contributed by atoms with Crippen molar-refractivity contribution in [1.29, 1.82) is 5.26 Å². The fraction of sp³-hybridized carbons (Fsp3) is 0.217. The number of aryl methyl sites for hydroxylation is 1. The van der Waals surface area contributed by atoms with Gasteiger partial charge in [0, 0.05) is 11.3 Å². The summed E-state index contributed by atoms with van der Waals surface area (Å²) in [5.41, 5.74) is 3.77. The molecule has 1 aromatic heterocycles. The molecule has 0 fully saturated rings. The second-order valence-electron chi connectivity index (χ2n) is 6.75. The van der Waals surface area contributed by atoms with Crippen molar-refractivity contribution in [1.82, 2.24) is 0 Å². The van der Waals surface area contributed by atoms with Gasteiger partial charge in [0.05, 0.1) is 16.5 Å². The SMILES string of the molecule is CCc1ccc([C@H]([NH2+][C@H](C)C(=O)Nc2ccc(C#N)cc2)c2cccs2)cc1. The Balaban J connectivity index is 1.73. The normalized spacial score (nSPS) is 12.8. The molecular weight excluding hydrogens is 366 g/mol. The van der Waals surface area contributed by atoms with Gasteiger partial charge in [-0.15, -0.1) is 11.3 Å². The van der Waals surface area contributed by atoms with E-state index in [1.54, 1.807) is 35.6 Å². The van der Waals surface area contributed by atoms with E-state index in [9.17, 15) is 4.79 Å². The fourth-order valence-electron chi connectivity index (χ4n) is 3.06. The number of carbonyl (C=O) groups excluding carboxylic acids is 1. The van der Waals surface area contributed by atoms with Crippen LogP contribution in [0.2, 0.25) is 0 Å². The number of anilines is 1. The summed E-state index contributed by atoms with van der Waals surface area (Å²) in [4.78, 5) is 13.9. The number of hydrogen-bond acceptors (Lipinski definition) is 3. The zero-order chi connectivity index (χ0) is 19.9. The number of amides is 1. The summed E-state index contributed by atoms with van der Waals surface area (Å²) in [6.07, 6.45) is 1.01. The lowest BCUT2D eigenvalue weighted by Gasteiger charge is -2.19. The third kappa shape index (κ3) is 4.86. The molecule has 28 heavy (non-hydrogen) atoms. The second kappa shape index (κ2) is 9.32. The number of nitrogens with one attached hydrogen (secondary N) is 1. The molecule has 3 rings (SSSR count). The van der Waals surface area contributed by atoms with E-state index in [1.807, 2.05) is 13.0 Å². The smallest absolute Gasteiger partial charge is 0.282 e. The van der Waals surface area contributed by atoms with Crippen LogP contribution < -0.4 is 10.6 Å². The topological polar surface area (TPSA) is 69.5 Å². The van der Waals surface area contributed by atoms with Gasteiger partial charge in [0.25, 0.3) is 5.91 Å². The Labute approximate surface area is 169 Å². The minimum absolute atomic E-state index is 0.0588. The highest BCUT2D eigenvalue weighted by Gasteiger charge is 2.25. The quantitative estimate of drug-likeness (QED) is 0.643. The van der Waals surface area contributed by atoms with Gasteiger partial charge in [-0.25, -0.2) is 0 Å². The average molecular weight is 391 g/mol. The van der Waals surface area contributed by atoms with Crippen molar-refractivity contribution < 1.29 is 10.1 Å². The van der Waals surface area contributed by atoms with E-state index in [4.69, 9.17) is 5.26 Å². The summed E-state index contributed by atoms with van der Waals surface area (Å²) in [6.45, 7) is 4.06. The monoisotopic (exact) mass is 390 g/mol. The van der Waals surface area contributed by atoms with E-state index in [0.29, 0.717) is 11.3 Å². The summed E-state index contributed by atoms with van der Waals surface area (Å²) in [6, 6.07) is 21.6. The molecule has 0 saturated heterocycles. The summed E-state index contributed by atoms with van der Waals surface area (Å²) < 4.78 is 0. The maximum absolute atomic E-state index is 12.7. The van der Waals surface area contributed by atoms with Crippen molar-refractivity contribution in [3.8, 4) is 6.07 Å². The number of benzene rings is 2. The molecule has 0 aliphatic heterocycles. The van der Waals surface area contributed by atoms with Gasteiger partial charge >= 0.3 is 0 Å². The van der Waals surface area contributed by atoms with Crippen LogP contribution in [0.5, 0.6) is 0 Å². The summed E-state index contributed by atoms with van der Waals surface area (Å²) in [5.74, 6) is -0.0588. The van der Waals surface area contributed by atoms with Crippen LogP contribution in [0.3, 0.4) is 0 Å². The predicted molar refractivity (Wildman–Crippen MR) is 113 cm³/mol. The number of carbonyl (C=O) groups is 1. The molecule has 0 unspecified atom stereocenters. The van der Waals surface area contributed by atoms with Crippen molar-refractivity contribution in [2.75, 3.05) is 5.32 Å². The van der Waals surface area contributed by atoms with Crippen LogP contribution in [0.25, 0.3) is 0 Å². The van der Waals surface area contributed by atoms with Gasteiger partial charge in [0.15, 0.2) is 6.04 Å². The summed E-state index contributed by atoms with van der Waals surface area (Å²) >= 11 is 1.70. The molecule has 3 aromatic rings. The van der Waals surface area contributed by atoms with Crippen molar-refractivity contribution in [3.05, 3.63) is 87.6 Å². The molecule has 3 N–H and O–H groups in total. The van der Waals surface area contributed by atoms with Gasteiger partial charge in [-0.2, -0.15) is 5.26 Å². The molecule has 1 heterocycles. The summed E-state index contributed by atoms with van der Waals surface area (Å²) in [7, 11) is 0. The number of thiophene rings is 1. The first-order chi connectivity index (χ1) is 13.6. The van der Waals surface area contributed by atoms with E-state index in [-0.39, 0.29) is 18.0 Å². The van der Waals surface area contributed by atoms with Crippen molar-refractivity contribution in [3.63, 3.8) is 0 Å². The Morgan fingerprint density at radius 1 is 1.14 bits per heavy atom. The number of nitriles is 1. The Bertz CT molecular complexity index is 941. The fourth-order valence-corrected chi connectivity index (χ4v) is 3.89. The van der Waals surface area contributed by atoms with E-state index in [2.05, 4.69) is 59.3 Å². The minimum Gasteiger partial charge on any atom is -0.326 e. The van der Waals surface area contributed by atoms with Crippen LogP contribution in [-0.4, -0.2) is 11.9 Å². The maximum atomic E-state index is 12.7. The lowest BCUT2D eigenvalue weighted by atomic mass is 10.0. The molecule has 2 aromatic carbocycles. The van der Waals surface area contributed by atoms with E-state index in [0.717, 1.165) is 6.42 Å². The van der Waals surface area contributed by atoms with Gasteiger partial charge in [-0.1, -0.05) is 37.3 Å². The Kier molecular flexibility index (Phi) is 6.59. The van der Waals surface area contributed by atoms with Crippen molar-refractivity contribution >= 4 is 22.9 Å². The van der Waals surface area contributed by atoms with Crippen molar-refractivity contribution in [2.24, 2.45) is 0 Å². The number of quaternary nitrogens is 1. The van der Waals surface area contributed by atoms with Crippen LogP contribution in [-0.2, 0) is 11.2 Å². The van der Waals surface area contributed by atoms with Gasteiger partial charge in [-0.05, 0) is 54.6 Å². The molecular formula is C23H24N3OS+. The standard InChI is InChI=1S/C23H23N3OS/c1-3-17-6-10-19(11-7-17)22(21-5-4-14-28-21)25-16(2)23(27)26-20-12-8-18(15-24)9-13-20/h4-14,16,22,25H,3H2,1-2H3,(H,26,27)/p+1/t16-,22+/m1/s1. The molecule has 142 valence electrons. The Morgan fingerprint density at radius 3 is 2.43 bits per heavy atom. The minimum atomic E-state index is -0.270. The molecule has 0 aliphatic rings. The third-order valence-electron chi connectivity index (χ3n) is 4.77. The van der Waals surface area contributed by atoms with Crippen LogP contribution in [0.1, 0.15) is 41.5 Å². The lowest BCUT2D eigenvalue weighted by Crippen LogP contribution is -2.92. The number of hydrogen-bond donors (Lipinski definition) is 2. The summed E-state index contributed by atoms with van der Waals surface area (Å²) in [5, 5.41) is 16.0. The molecule has 0 aliphatic carbocycles. The highest BCUT2D eigenvalue weighted by atomic mass is 32.1. The first-order valence-corrected chi connectivity index (χ1v) is 10.3. The third-order valence-corrected chi connectivity index (χ3v) is 5.73. The van der Waals surface area contributed by atoms with Crippen LogP contribution in [0.4, 0.5) is 5.69 Å².